The lowest BCUT2D eigenvalue weighted by molar-refractivity contribution is 0.305. The molecule has 2 N–H and O–H groups in total. The molecule has 0 saturated carbocycles. The molecule has 0 aromatic carbocycles. The van der Waals surface area contributed by atoms with Crippen molar-refractivity contribution in [3.8, 4) is 11.8 Å². The van der Waals surface area contributed by atoms with E-state index in [1.54, 1.807) is 27.7 Å². The molecule has 2 rings (SSSR count). The predicted molar refractivity (Wildman–Crippen MR) is 85.6 cm³/mol. The zero-order valence-electron chi connectivity index (χ0n) is 11.8. The number of nitrogens with zero attached hydrogens (tertiary/aromatic N) is 2. The van der Waals surface area contributed by atoms with E-state index in [4.69, 9.17) is 5.11 Å². The maximum absolute atomic E-state index is 11.6. The molecule has 112 valence electrons. The van der Waals surface area contributed by atoms with E-state index in [2.05, 4.69) is 22.0 Å². The molecule has 0 saturated heterocycles. The number of thiophene rings is 1. The van der Waals surface area contributed by atoms with E-state index in [-0.39, 0.29) is 12.3 Å². The number of thioether (sulfide) groups is 1. The third-order valence-electron chi connectivity index (χ3n) is 2.64. The van der Waals surface area contributed by atoms with Gasteiger partial charge in [-0.25, -0.2) is 9.89 Å². The summed E-state index contributed by atoms with van der Waals surface area (Å²) in [7, 11) is 0. The highest BCUT2D eigenvalue weighted by molar-refractivity contribution is 7.98. The van der Waals surface area contributed by atoms with Crippen LogP contribution in [0.1, 0.15) is 30.2 Å². The normalized spacial score (nSPS) is 10.4. The Morgan fingerprint density at radius 3 is 3.19 bits per heavy atom. The first-order chi connectivity index (χ1) is 10.2. The van der Waals surface area contributed by atoms with Gasteiger partial charge in [0.1, 0.15) is 0 Å². The van der Waals surface area contributed by atoms with Gasteiger partial charge in [-0.05, 0) is 12.5 Å². The van der Waals surface area contributed by atoms with Crippen molar-refractivity contribution in [2.24, 2.45) is 0 Å². The molecule has 2 heterocycles. The third-order valence-corrected chi connectivity index (χ3v) is 4.78. The largest absolute Gasteiger partial charge is 0.395 e. The molecule has 0 aliphatic heterocycles. The zero-order valence-corrected chi connectivity index (χ0v) is 13.4. The summed E-state index contributed by atoms with van der Waals surface area (Å²) in [5.74, 6) is 6.68. The second-order valence-electron chi connectivity index (χ2n) is 4.33. The van der Waals surface area contributed by atoms with Gasteiger partial charge >= 0.3 is 5.69 Å². The number of aliphatic hydroxyl groups is 1. The zero-order chi connectivity index (χ0) is 15.1. The van der Waals surface area contributed by atoms with Crippen LogP contribution in [0.3, 0.4) is 0 Å². The lowest BCUT2D eigenvalue weighted by Gasteiger charge is -2.02. The Balaban J connectivity index is 1.98. The number of H-pyrrole nitrogens is 1. The van der Waals surface area contributed by atoms with Crippen molar-refractivity contribution in [3.05, 3.63) is 32.4 Å². The van der Waals surface area contributed by atoms with E-state index in [0.717, 1.165) is 22.9 Å². The molecule has 21 heavy (non-hydrogen) atoms. The Bertz CT molecular complexity index is 691. The van der Waals surface area contributed by atoms with Crippen LogP contribution < -0.4 is 5.69 Å². The summed E-state index contributed by atoms with van der Waals surface area (Å²) >= 11 is 3.19. The minimum atomic E-state index is -0.152. The summed E-state index contributed by atoms with van der Waals surface area (Å²) < 4.78 is 1.67. The molecular weight excluding hydrogens is 306 g/mol. The van der Waals surface area contributed by atoms with Gasteiger partial charge in [0.05, 0.1) is 6.61 Å². The Morgan fingerprint density at radius 2 is 2.43 bits per heavy atom. The standard InChI is InChI=1S/C14H17N3O2S2/c1-2-6-17-13(19)15-16-14(17)21-10-12-8-11(9-20-12)5-3-4-7-18/h8-9,18H,2,4,6-7,10H2,1H3,(H,15,19). The van der Waals surface area contributed by atoms with Crippen molar-refractivity contribution in [1.29, 1.82) is 0 Å². The monoisotopic (exact) mass is 323 g/mol. The summed E-state index contributed by atoms with van der Waals surface area (Å²) in [5.41, 5.74) is 0.818. The Labute approximate surface area is 131 Å². The Hall–Kier alpha value is -1.49. The average molecular weight is 323 g/mol. The van der Waals surface area contributed by atoms with Crippen molar-refractivity contribution in [2.45, 2.75) is 37.2 Å². The van der Waals surface area contributed by atoms with Crippen molar-refractivity contribution < 1.29 is 5.11 Å². The molecule has 0 unspecified atom stereocenters. The maximum atomic E-state index is 11.6. The van der Waals surface area contributed by atoms with Crippen molar-refractivity contribution in [2.75, 3.05) is 6.61 Å². The van der Waals surface area contributed by atoms with Crippen LogP contribution in [0.5, 0.6) is 0 Å². The number of hydrogen-bond donors (Lipinski definition) is 2. The maximum Gasteiger partial charge on any atom is 0.343 e. The third kappa shape index (κ3) is 4.49. The molecule has 2 aromatic rings. The number of aliphatic hydroxyl groups excluding tert-OH is 1. The molecule has 7 heteroatoms. The van der Waals surface area contributed by atoms with Gasteiger partial charge in [-0.3, -0.25) is 4.57 Å². The first kappa shape index (κ1) is 15.9. The summed E-state index contributed by atoms with van der Waals surface area (Å²) in [6.07, 6.45) is 1.40. The van der Waals surface area contributed by atoms with Crippen LogP contribution >= 0.6 is 23.1 Å². The number of hydrogen-bond acceptors (Lipinski definition) is 5. The van der Waals surface area contributed by atoms with Crippen LogP contribution in [0, 0.1) is 11.8 Å². The van der Waals surface area contributed by atoms with Crippen molar-refractivity contribution in [3.63, 3.8) is 0 Å². The minimum absolute atomic E-state index is 0.0912. The van der Waals surface area contributed by atoms with E-state index in [1.807, 2.05) is 18.4 Å². The molecule has 0 bridgehead atoms. The lowest BCUT2D eigenvalue weighted by Crippen LogP contribution is -2.17. The highest BCUT2D eigenvalue weighted by atomic mass is 32.2. The second kappa shape index (κ2) is 8.08. The van der Waals surface area contributed by atoms with Crippen molar-refractivity contribution >= 4 is 23.1 Å². The van der Waals surface area contributed by atoms with Gasteiger partial charge in [-0.2, -0.15) is 0 Å². The fourth-order valence-corrected chi connectivity index (χ4v) is 3.56. The SMILES string of the molecule is CCCn1c(SCc2cc(C#CCCO)cs2)n[nH]c1=O. The van der Waals surface area contributed by atoms with Gasteiger partial charge in [0.15, 0.2) is 5.16 Å². The van der Waals surface area contributed by atoms with Crippen LogP contribution in [-0.4, -0.2) is 26.5 Å². The quantitative estimate of drug-likeness (QED) is 0.631. The molecule has 0 fully saturated rings. The molecular formula is C14H17N3O2S2. The minimum Gasteiger partial charge on any atom is -0.395 e. The lowest BCUT2D eigenvalue weighted by atomic mass is 10.3. The molecule has 0 aliphatic rings. The highest BCUT2D eigenvalue weighted by Gasteiger charge is 2.08. The number of aromatic nitrogens is 3. The first-order valence-electron chi connectivity index (χ1n) is 6.69. The van der Waals surface area contributed by atoms with Gasteiger partial charge in [-0.15, -0.1) is 16.4 Å². The fourth-order valence-electron chi connectivity index (χ4n) is 1.71. The number of aromatic amines is 1. The van der Waals surface area contributed by atoms with Gasteiger partial charge in [0.2, 0.25) is 0 Å². The van der Waals surface area contributed by atoms with Crippen LogP contribution in [-0.2, 0) is 12.3 Å². The first-order valence-corrected chi connectivity index (χ1v) is 8.56. The van der Waals surface area contributed by atoms with Gasteiger partial charge in [-0.1, -0.05) is 30.5 Å². The van der Waals surface area contributed by atoms with Crippen LogP contribution in [0.15, 0.2) is 21.4 Å². The van der Waals surface area contributed by atoms with Crippen LogP contribution in [0.2, 0.25) is 0 Å². The fraction of sp³-hybridized carbons (Fsp3) is 0.429. The Kier molecular flexibility index (Phi) is 6.11. The van der Waals surface area contributed by atoms with E-state index in [9.17, 15) is 4.79 Å². The van der Waals surface area contributed by atoms with E-state index in [1.165, 1.54) is 4.88 Å². The Morgan fingerprint density at radius 1 is 1.57 bits per heavy atom. The van der Waals surface area contributed by atoms with E-state index in [0.29, 0.717) is 13.0 Å². The average Bonchev–Trinajstić information content (AvgIpc) is 3.06. The number of rotatable bonds is 6. The topological polar surface area (TPSA) is 70.9 Å². The molecule has 0 aliphatic carbocycles. The molecule has 0 radical (unpaired) electrons. The molecule has 5 nitrogen and oxygen atoms in total. The summed E-state index contributed by atoms with van der Waals surface area (Å²) in [4.78, 5) is 12.8. The van der Waals surface area contributed by atoms with Gasteiger partial charge < -0.3 is 5.11 Å². The van der Waals surface area contributed by atoms with Crippen LogP contribution in [0.25, 0.3) is 0 Å². The smallest absolute Gasteiger partial charge is 0.343 e. The van der Waals surface area contributed by atoms with E-state index >= 15 is 0 Å². The molecule has 0 spiro atoms. The van der Waals surface area contributed by atoms with Gasteiger partial charge in [0.25, 0.3) is 0 Å². The second-order valence-corrected chi connectivity index (χ2v) is 6.27. The van der Waals surface area contributed by atoms with Crippen LogP contribution in [0.4, 0.5) is 0 Å². The molecule has 2 aromatic heterocycles. The highest BCUT2D eigenvalue weighted by Crippen LogP contribution is 2.24. The molecule has 0 amide bonds. The predicted octanol–water partition coefficient (Wildman–Crippen LogP) is 2.07. The van der Waals surface area contributed by atoms with Crippen molar-refractivity contribution in [1.82, 2.24) is 14.8 Å². The summed E-state index contributed by atoms with van der Waals surface area (Å²) in [5, 5.41) is 18.0. The van der Waals surface area contributed by atoms with E-state index < -0.39 is 0 Å². The number of nitrogens with one attached hydrogen (secondary N) is 1. The summed E-state index contributed by atoms with van der Waals surface area (Å²) in [6, 6.07) is 2.04. The molecule has 0 atom stereocenters. The van der Waals surface area contributed by atoms with Gasteiger partial charge in [0, 0.05) is 34.5 Å². The summed E-state index contributed by atoms with van der Waals surface area (Å²) in [6.45, 7) is 2.80.